The van der Waals surface area contributed by atoms with Gasteiger partial charge in [0.25, 0.3) is 4.59 Å². The van der Waals surface area contributed by atoms with Crippen molar-refractivity contribution >= 4 is 34.8 Å². The largest absolute Gasteiger partial charge is 0.417 e. The number of alkyl halides is 6. The van der Waals surface area contributed by atoms with Crippen molar-refractivity contribution in [2.75, 3.05) is 0 Å². The summed E-state index contributed by atoms with van der Waals surface area (Å²) in [6, 6.07) is 2.67. The molecule has 0 heterocycles. The van der Waals surface area contributed by atoms with Gasteiger partial charge in [0.1, 0.15) is 0 Å². The Kier molecular flexibility index (Phi) is 3.43. The maximum absolute atomic E-state index is 13.0. The molecular weight excluding hydrogens is 278 g/mol. The second kappa shape index (κ2) is 4.00. The summed E-state index contributed by atoms with van der Waals surface area (Å²) < 4.78 is 47.1. The van der Waals surface area contributed by atoms with Crippen LogP contribution in [0.25, 0.3) is 0 Å². The molecule has 1 aromatic rings. The van der Waals surface area contributed by atoms with E-state index in [1.54, 1.807) is 0 Å². The molecule has 0 aliphatic carbocycles. The summed E-state index contributed by atoms with van der Waals surface area (Å²) in [6.07, 6.45) is -4.67. The zero-order chi connectivity index (χ0) is 11.9. The molecule has 0 N–H and O–H groups in total. The second-order valence-corrected chi connectivity index (χ2v) is 4.28. The Labute approximate surface area is 97.7 Å². The van der Waals surface area contributed by atoms with Crippen LogP contribution in [0.15, 0.2) is 18.2 Å². The third kappa shape index (κ3) is 2.89. The van der Waals surface area contributed by atoms with Gasteiger partial charge in [0, 0.05) is 5.56 Å². The lowest BCUT2D eigenvalue weighted by molar-refractivity contribution is -0.137. The van der Waals surface area contributed by atoms with E-state index in [1.165, 1.54) is 0 Å². The molecule has 1 rings (SSSR count). The quantitative estimate of drug-likeness (QED) is 0.506. The topological polar surface area (TPSA) is 0 Å². The minimum absolute atomic E-state index is 0.623. The fraction of sp³-hybridized carbons (Fsp3) is 0.250. The van der Waals surface area contributed by atoms with Gasteiger partial charge in [-0.1, -0.05) is 46.9 Å². The molecule has 0 spiro atoms. The van der Waals surface area contributed by atoms with E-state index >= 15 is 0 Å². The van der Waals surface area contributed by atoms with E-state index in [2.05, 4.69) is 0 Å². The fourth-order valence-corrected chi connectivity index (χ4v) is 1.74. The number of rotatable bonds is 1. The molecule has 84 valence electrons. The first-order chi connectivity index (χ1) is 6.64. The van der Waals surface area contributed by atoms with Gasteiger partial charge in [0.05, 0.1) is 10.6 Å². The minimum atomic E-state index is -4.67. The molecule has 0 saturated heterocycles. The van der Waals surface area contributed by atoms with Crippen molar-refractivity contribution in [1.29, 1.82) is 0 Å². The first-order valence-electron chi connectivity index (χ1n) is 3.57. The minimum Gasteiger partial charge on any atom is -0.202 e. The SMILES string of the molecule is FC(F)(F)c1cccc(C(F)(Cl)Cl)c1Cl. The maximum atomic E-state index is 13.0. The second-order valence-electron chi connectivity index (χ2n) is 2.66. The number of halogens is 7. The van der Waals surface area contributed by atoms with Gasteiger partial charge in [0.15, 0.2) is 0 Å². The summed E-state index contributed by atoms with van der Waals surface area (Å²) >= 11 is 15.4. The van der Waals surface area contributed by atoms with Gasteiger partial charge in [0.2, 0.25) is 0 Å². The van der Waals surface area contributed by atoms with Crippen molar-refractivity contribution < 1.29 is 17.6 Å². The molecule has 0 aliphatic rings. The average molecular weight is 281 g/mol. The van der Waals surface area contributed by atoms with E-state index in [0.717, 1.165) is 12.1 Å². The highest BCUT2D eigenvalue weighted by molar-refractivity contribution is 6.48. The van der Waals surface area contributed by atoms with Crippen molar-refractivity contribution in [3.8, 4) is 0 Å². The van der Waals surface area contributed by atoms with E-state index < -0.39 is 26.9 Å². The van der Waals surface area contributed by atoms with Crippen LogP contribution in [0.1, 0.15) is 11.1 Å². The predicted octanol–water partition coefficient (Wildman–Crippen LogP) is 4.92. The summed E-state index contributed by atoms with van der Waals surface area (Å²) in [5.41, 5.74) is -1.80. The van der Waals surface area contributed by atoms with E-state index in [-0.39, 0.29) is 0 Å². The van der Waals surface area contributed by atoms with E-state index in [1.807, 2.05) is 0 Å². The Bertz CT molecular complexity index is 335. The van der Waals surface area contributed by atoms with Crippen LogP contribution in [0.5, 0.6) is 0 Å². The predicted molar refractivity (Wildman–Crippen MR) is 50.9 cm³/mol. The van der Waals surface area contributed by atoms with Crippen LogP contribution in [0.4, 0.5) is 17.6 Å². The lowest BCUT2D eigenvalue weighted by atomic mass is 10.1. The van der Waals surface area contributed by atoms with Gasteiger partial charge in [-0.25, -0.2) is 4.39 Å². The molecule has 0 fully saturated rings. The highest BCUT2D eigenvalue weighted by atomic mass is 35.5. The average Bonchev–Trinajstić information content (AvgIpc) is 1.99. The van der Waals surface area contributed by atoms with Crippen LogP contribution in [-0.4, -0.2) is 0 Å². The Morgan fingerprint density at radius 2 is 1.40 bits per heavy atom. The standard InChI is InChI=1S/C8H3Cl3F4/c9-6-4(7(10,11)12)2-1-3-5(6)8(13,14)15/h1-3H. The first kappa shape index (κ1) is 12.9. The molecule has 0 aromatic heterocycles. The molecule has 0 unspecified atom stereocenters. The van der Waals surface area contributed by atoms with Crippen LogP contribution in [0.2, 0.25) is 5.02 Å². The Morgan fingerprint density at radius 3 is 1.80 bits per heavy atom. The van der Waals surface area contributed by atoms with Gasteiger partial charge in [-0.15, -0.1) is 0 Å². The Balaban J connectivity index is 3.37. The Morgan fingerprint density at radius 1 is 0.933 bits per heavy atom. The molecular formula is C8H3Cl3F4. The van der Waals surface area contributed by atoms with Crippen LogP contribution < -0.4 is 0 Å². The molecule has 1 aromatic carbocycles. The number of hydrogen-bond donors (Lipinski definition) is 0. The molecule has 15 heavy (non-hydrogen) atoms. The summed E-state index contributed by atoms with van der Waals surface area (Å²) in [4.78, 5) is 0. The van der Waals surface area contributed by atoms with Crippen LogP contribution >= 0.6 is 34.8 Å². The van der Waals surface area contributed by atoms with Gasteiger partial charge < -0.3 is 0 Å². The summed E-state index contributed by atoms with van der Waals surface area (Å²) in [5, 5.41) is -0.836. The van der Waals surface area contributed by atoms with E-state index in [9.17, 15) is 17.6 Å². The molecule has 0 atom stereocenters. The number of hydrogen-bond acceptors (Lipinski definition) is 0. The van der Waals surface area contributed by atoms with Crippen molar-refractivity contribution in [1.82, 2.24) is 0 Å². The highest BCUT2D eigenvalue weighted by Gasteiger charge is 2.37. The van der Waals surface area contributed by atoms with Crippen molar-refractivity contribution in [2.24, 2.45) is 0 Å². The highest BCUT2D eigenvalue weighted by Crippen LogP contribution is 2.44. The zero-order valence-corrected chi connectivity index (χ0v) is 9.15. The van der Waals surface area contributed by atoms with Crippen LogP contribution in [-0.2, 0) is 10.8 Å². The zero-order valence-electron chi connectivity index (χ0n) is 6.88. The summed E-state index contributed by atoms with van der Waals surface area (Å²) in [6.45, 7) is 0. The third-order valence-corrected chi connectivity index (χ3v) is 2.42. The molecule has 0 saturated carbocycles. The lowest BCUT2D eigenvalue weighted by Crippen LogP contribution is -2.10. The van der Waals surface area contributed by atoms with Gasteiger partial charge >= 0.3 is 6.18 Å². The molecule has 0 radical (unpaired) electrons. The van der Waals surface area contributed by atoms with Gasteiger partial charge in [-0.3, -0.25) is 0 Å². The monoisotopic (exact) mass is 280 g/mol. The fourth-order valence-electron chi connectivity index (χ4n) is 0.970. The maximum Gasteiger partial charge on any atom is 0.417 e. The molecule has 0 amide bonds. The van der Waals surface area contributed by atoms with E-state index in [4.69, 9.17) is 34.8 Å². The first-order valence-corrected chi connectivity index (χ1v) is 4.70. The lowest BCUT2D eigenvalue weighted by Gasteiger charge is -2.15. The van der Waals surface area contributed by atoms with Crippen molar-refractivity contribution in [3.05, 3.63) is 34.3 Å². The van der Waals surface area contributed by atoms with Crippen molar-refractivity contribution in [2.45, 2.75) is 10.8 Å². The molecule has 7 heteroatoms. The Hall–Kier alpha value is -0.190. The van der Waals surface area contributed by atoms with E-state index in [0.29, 0.717) is 6.07 Å². The number of benzene rings is 1. The van der Waals surface area contributed by atoms with Crippen LogP contribution in [0, 0.1) is 0 Å². The van der Waals surface area contributed by atoms with Crippen molar-refractivity contribution in [3.63, 3.8) is 0 Å². The smallest absolute Gasteiger partial charge is 0.202 e. The molecule has 0 nitrogen and oxygen atoms in total. The summed E-state index contributed by atoms with van der Waals surface area (Å²) in [5.74, 6) is 0. The van der Waals surface area contributed by atoms with Gasteiger partial charge in [-0.05, 0) is 6.07 Å². The van der Waals surface area contributed by atoms with Crippen LogP contribution in [0.3, 0.4) is 0 Å². The summed E-state index contributed by atoms with van der Waals surface area (Å²) in [7, 11) is 0. The third-order valence-electron chi connectivity index (χ3n) is 1.61. The van der Waals surface area contributed by atoms with Gasteiger partial charge in [-0.2, -0.15) is 13.2 Å². The normalized spacial score (nSPS) is 13.0. The molecule has 0 bridgehead atoms. The molecule has 0 aliphatic heterocycles.